The van der Waals surface area contributed by atoms with E-state index in [0.717, 1.165) is 30.8 Å². The summed E-state index contributed by atoms with van der Waals surface area (Å²) in [5.74, 6) is 1.92. The Balaban J connectivity index is -0.000000131. The molecule has 86 heavy (non-hydrogen) atoms. The van der Waals surface area contributed by atoms with Crippen LogP contribution in [0.15, 0.2) is 60.7 Å². The molecular weight excluding hydrogens is 2900 g/mol. The second-order valence-electron chi connectivity index (χ2n) is 31.1. The van der Waals surface area contributed by atoms with Crippen molar-refractivity contribution in [3.63, 3.8) is 0 Å². The van der Waals surface area contributed by atoms with Gasteiger partial charge in [-0.1, -0.05) is 0 Å². The molecule has 16 heteroatoms. The summed E-state index contributed by atoms with van der Waals surface area (Å²) in [6.45, 7) is 23.2. The molecule has 2 aromatic rings. The summed E-state index contributed by atoms with van der Waals surface area (Å²) in [4.78, 5) is 31.2. The van der Waals surface area contributed by atoms with Gasteiger partial charge in [0.2, 0.25) is 0 Å². The summed E-state index contributed by atoms with van der Waals surface area (Å²) in [5.41, 5.74) is 1.22. The molecule has 2 fully saturated rings. The normalized spacial score (nSPS) is 14.6. The van der Waals surface area contributed by atoms with Gasteiger partial charge >= 0.3 is 640 Å². The van der Waals surface area contributed by atoms with Crippen LogP contribution in [0.25, 0.3) is 0 Å². The van der Waals surface area contributed by atoms with Gasteiger partial charge in [0.25, 0.3) is 0 Å². The van der Waals surface area contributed by atoms with Gasteiger partial charge in [-0.2, -0.15) is 0 Å². The van der Waals surface area contributed by atoms with E-state index in [1.54, 1.807) is 70.6 Å². The molecule has 2 aromatic carbocycles. The predicted molar refractivity (Wildman–Crippen MR) is 431 cm³/mol. The third-order valence-electron chi connectivity index (χ3n) is 10.6. The molecule has 0 aliphatic heterocycles. The van der Waals surface area contributed by atoms with Crippen molar-refractivity contribution in [2.75, 3.05) is 0 Å². The van der Waals surface area contributed by atoms with Crippen LogP contribution in [-0.2, 0) is 0 Å². The maximum absolute atomic E-state index is 13.4. The molecule has 0 atom stereocenters. The average molecular weight is 3060 g/mol. The van der Waals surface area contributed by atoms with Crippen LogP contribution >= 0.6 is 0 Å². The minimum atomic E-state index is -5.37. The van der Waals surface area contributed by atoms with Crippen molar-refractivity contribution in [2.24, 2.45) is 22.7 Å². The summed E-state index contributed by atoms with van der Waals surface area (Å²) in [7, 11) is 0. The first-order valence-corrected chi connectivity index (χ1v) is 136. The van der Waals surface area contributed by atoms with E-state index in [1.807, 2.05) is 0 Å². The molecule has 0 bridgehead atoms. The van der Waals surface area contributed by atoms with Gasteiger partial charge in [-0.15, -0.1) is 0 Å². The Kier molecular flexibility index (Phi) is 80.9. The topological polar surface area (TPSA) is 0 Å². The van der Waals surface area contributed by atoms with Gasteiger partial charge in [-0.05, 0) is 0 Å². The van der Waals surface area contributed by atoms with Crippen LogP contribution in [0.4, 0.5) is 10.9 Å². The van der Waals surface area contributed by atoms with Gasteiger partial charge < -0.3 is 0 Å². The monoisotopic (exact) mass is 3050 g/mol. The Hall–Kier alpha value is 8.37. The predicted octanol–water partition coefficient (Wildman–Crippen LogP) is 27.0. The molecule has 2 aliphatic carbocycles. The molecule has 2 aliphatic rings. The molecule has 0 spiro atoms. The van der Waals surface area contributed by atoms with Crippen molar-refractivity contribution < 1.29 is 10.9 Å². The number of hydrogen-bond donors (Lipinski definition) is 0. The minimum absolute atomic E-state index is 0.250. The van der Waals surface area contributed by atoms with E-state index in [1.165, 1.54) is 78.8 Å². The van der Waals surface area contributed by atoms with E-state index >= 15 is 0 Å². The quantitative estimate of drug-likeness (QED) is 0.164. The van der Waals surface area contributed by atoms with Crippen LogP contribution in [0.3, 0.4) is 0 Å². The molecule has 0 nitrogen and oxygen atoms in total. The molecule has 524 valence electrons. The van der Waals surface area contributed by atoms with Crippen molar-refractivity contribution in [3.8, 4) is 0 Å². The van der Waals surface area contributed by atoms with Crippen molar-refractivity contribution in [3.05, 3.63) is 60.7 Å². The first-order chi connectivity index (χ1) is 38.3. The fourth-order valence-corrected chi connectivity index (χ4v) is 47.0. The van der Waals surface area contributed by atoms with Crippen molar-refractivity contribution >= 4 is 255 Å². The van der Waals surface area contributed by atoms with Gasteiger partial charge in [-0.3, -0.25) is 0 Å². The Morgan fingerprint density at radius 3 is 0.942 bits per heavy atom. The van der Waals surface area contributed by atoms with Gasteiger partial charge in [0, 0.05) is 0 Å². The van der Waals surface area contributed by atoms with E-state index in [9.17, 15) is 10.9 Å². The zero-order chi connectivity index (χ0) is 70.1. The Morgan fingerprint density at radius 1 is 0.500 bits per heavy atom. The second-order valence-corrected chi connectivity index (χ2v) is 147. The molecule has 0 unspecified atom stereocenters. The van der Waals surface area contributed by atoms with Crippen LogP contribution in [0.1, 0.15) is 133 Å². The van der Waals surface area contributed by atoms with E-state index in [-0.39, 0.29) is 6.78 Å². The Morgan fingerprint density at radius 2 is 0.826 bits per heavy atom. The summed E-state index contributed by atoms with van der Waals surface area (Å²) in [5, 5.41) is 0. The second kappa shape index (κ2) is 63.1. The van der Waals surface area contributed by atoms with Crippen molar-refractivity contribution in [1.82, 2.24) is 0 Å². The van der Waals surface area contributed by atoms with Crippen LogP contribution in [0.5, 0.6) is 0 Å². The van der Waals surface area contributed by atoms with Crippen LogP contribution < -0.4 is 6.78 Å². The average Bonchev–Trinajstić information content (AvgIpc) is 3.27. The summed E-state index contributed by atoms with van der Waals surface area (Å²) < 4.78 is 94.0. The van der Waals surface area contributed by atoms with E-state index in [0.29, 0.717) is 10.8 Å². The third kappa shape index (κ3) is 114. The molecule has 0 N–H and O–H groups in total. The fraction of sp³-hybridized carbons (Fsp3) is 0.829. The van der Waals surface area contributed by atoms with Gasteiger partial charge in [0.1, 0.15) is 0 Å². The van der Waals surface area contributed by atoms with Crippen LogP contribution in [0.2, 0.25) is 158 Å². The molecule has 0 amide bonds. The molecule has 4 rings (SSSR count). The number of halogens is 4. The summed E-state index contributed by atoms with van der Waals surface area (Å²) in [6.07, 6.45) is 15.5. The maximum atomic E-state index is 13.4. The first-order valence-electron chi connectivity index (χ1n) is 31.7. The fourth-order valence-electron chi connectivity index (χ4n) is 8.23. The van der Waals surface area contributed by atoms with E-state index in [4.69, 9.17) is 0 Å². The van der Waals surface area contributed by atoms with Crippen molar-refractivity contribution in [2.45, 2.75) is 291 Å². The van der Waals surface area contributed by atoms with E-state index < -0.39 is 248 Å². The standard InChI is InChI=1S/2C6H11.2C6H5.2C5H11.2C4H9.28CH3.6Bi.4FH.6Sb/c4*1-2-4-6-5-3-1;2*1-5(2,3)4;2*1-4(2)3;;;;;;;;;;;;;;;;;;;;;;;;;;;;;;;;;;;;;;;;;;;;/h2*1H,2-6H2;2*1-5H;2*1H2,2-4H3;2*4H,1H2,2-3H3;28*1H3;;;;;;;4*1H;;;;;;/q;;;;;;;;;;;;;;;;;;;;;;;;;;;;;;;;;;;;;;;;;+2;;;;;;;;;;+2/p-4. The number of benzene rings is 2. The zero-order valence-corrected chi connectivity index (χ0v) is 101. The Bertz CT molecular complexity index is 1510. The summed E-state index contributed by atoms with van der Waals surface area (Å²) >= 11 is -16.9. The molecular formula is C70H156Bi6F4Sb6. The van der Waals surface area contributed by atoms with Crippen LogP contribution in [-0.4, -0.2) is 248 Å². The third-order valence-corrected chi connectivity index (χ3v) is 56.0. The van der Waals surface area contributed by atoms with Gasteiger partial charge in [-0.25, -0.2) is 0 Å². The number of hydrogen-bond acceptors (Lipinski definition) is 0. The molecule has 0 heterocycles. The van der Waals surface area contributed by atoms with E-state index in [2.05, 4.69) is 183 Å². The molecule has 2 saturated carbocycles. The van der Waals surface area contributed by atoms with Gasteiger partial charge in [0.05, 0.1) is 0 Å². The first kappa shape index (κ1) is 110. The van der Waals surface area contributed by atoms with Gasteiger partial charge in [0.15, 0.2) is 0 Å². The molecule has 0 aromatic heterocycles. The number of rotatable bonds is 10. The summed E-state index contributed by atoms with van der Waals surface area (Å²) in [6, 6.07) is 16.2. The zero-order valence-electron chi connectivity index (χ0n) is 64.9. The molecule has 0 saturated heterocycles. The van der Waals surface area contributed by atoms with Crippen LogP contribution in [0, 0.1) is 22.7 Å². The Labute approximate surface area is 627 Å². The van der Waals surface area contributed by atoms with Crippen molar-refractivity contribution in [1.29, 1.82) is 0 Å². The SMILES string of the molecule is CC(C)[CH2][Bi]([CH3])[CH3].CC(C)[CH2][Sb]([CH3])[CH3].[CH3][Bi]([CH3])([F])([F])[c]1ccccc1.[CH3][Bi]([CH3])[CH2]C(C)(C)C.[CH3][Bi]([CH3])[CH3].[CH3][Bi]([CH3])[CH3].[CH3][Bi]([CH3])[CH]1CCCCC1.[CH3][Sb]([CH3])([F])([F])[c]1ccccc1.[CH3][Sb]([CH3])[CH2]C(C)(C)C.[CH3][Sb]([CH3])[CH3].[CH3][Sb]([CH3])[CH3].[CH3][Sb]([CH3])[CH]1CCCCC1. The molecule has 0 radical (unpaired) electrons.